The first-order valence-corrected chi connectivity index (χ1v) is 7.31. The number of hydrogen-bond acceptors (Lipinski definition) is 3. The minimum Gasteiger partial charge on any atom is -0.340 e. The van der Waals surface area contributed by atoms with Gasteiger partial charge in [-0.3, -0.25) is 0 Å². The summed E-state index contributed by atoms with van der Waals surface area (Å²) in [5.74, 6) is 0.736. The van der Waals surface area contributed by atoms with Crippen LogP contribution in [0.2, 0.25) is 0 Å². The second kappa shape index (κ2) is 6.93. The zero-order valence-corrected chi connectivity index (χ0v) is 13.4. The smallest absolute Gasteiger partial charge is 0.319 e. The number of urea groups is 1. The van der Waals surface area contributed by atoms with Crippen LogP contribution in [0.4, 0.5) is 22.0 Å². The highest BCUT2D eigenvalue weighted by Gasteiger charge is 2.04. The number of anilines is 3. The van der Waals surface area contributed by atoms with Crippen molar-refractivity contribution in [1.82, 2.24) is 10.3 Å². The van der Waals surface area contributed by atoms with Gasteiger partial charge in [0.25, 0.3) is 0 Å². The summed E-state index contributed by atoms with van der Waals surface area (Å²) in [6.07, 6.45) is 1.63. The van der Waals surface area contributed by atoms with Gasteiger partial charge in [-0.1, -0.05) is 6.07 Å². The highest BCUT2D eigenvalue weighted by molar-refractivity contribution is 5.89. The molecule has 2 rings (SSSR count). The summed E-state index contributed by atoms with van der Waals surface area (Å²) in [4.78, 5) is 15.9. The Morgan fingerprint density at radius 1 is 1.05 bits per heavy atom. The van der Waals surface area contributed by atoms with E-state index in [1.807, 2.05) is 26.0 Å². The van der Waals surface area contributed by atoms with Crippen LogP contribution in [0.3, 0.4) is 0 Å². The van der Waals surface area contributed by atoms with E-state index in [0.717, 1.165) is 11.5 Å². The zero-order valence-electron chi connectivity index (χ0n) is 13.4. The van der Waals surface area contributed by atoms with E-state index in [-0.39, 0.29) is 12.1 Å². The molecule has 0 unspecified atom stereocenters. The molecule has 0 bridgehead atoms. The highest BCUT2D eigenvalue weighted by Crippen LogP contribution is 2.19. The molecule has 116 valence electrons. The average Bonchev–Trinajstić information content (AvgIpc) is 2.39. The molecule has 1 heterocycles. The van der Waals surface area contributed by atoms with Gasteiger partial charge in [0.2, 0.25) is 0 Å². The summed E-state index contributed by atoms with van der Waals surface area (Å²) in [6.45, 7) is 7.95. The molecule has 0 spiro atoms. The predicted molar refractivity (Wildman–Crippen MR) is 90.7 cm³/mol. The van der Waals surface area contributed by atoms with Crippen molar-refractivity contribution in [3.8, 4) is 0 Å². The molecule has 3 N–H and O–H groups in total. The molecule has 0 aliphatic heterocycles. The van der Waals surface area contributed by atoms with E-state index in [2.05, 4.69) is 53.0 Å². The van der Waals surface area contributed by atoms with Gasteiger partial charge in [-0.05, 0) is 63.1 Å². The Hall–Kier alpha value is -2.56. The first-order chi connectivity index (χ1) is 10.4. The zero-order chi connectivity index (χ0) is 16.1. The van der Waals surface area contributed by atoms with E-state index in [0.29, 0.717) is 5.69 Å². The maximum Gasteiger partial charge on any atom is 0.319 e. The van der Waals surface area contributed by atoms with E-state index in [1.54, 1.807) is 6.20 Å². The Bertz CT molecular complexity index is 630. The lowest BCUT2D eigenvalue weighted by Crippen LogP contribution is -2.34. The fraction of sp³-hybridized carbons (Fsp3) is 0.294. The van der Waals surface area contributed by atoms with Crippen LogP contribution in [0, 0.1) is 13.8 Å². The predicted octanol–water partition coefficient (Wildman–Crippen LogP) is 3.97. The van der Waals surface area contributed by atoms with Gasteiger partial charge in [-0.15, -0.1) is 0 Å². The van der Waals surface area contributed by atoms with Gasteiger partial charge in [0.1, 0.15) is 5.82 Å². The molecule has 2 aromatic rings. The molecule has 5 nitrogen and oxygen atoms in total. The molecule has 1 aromatic heterocycles. The van der Waals surface area contributed by atoms with Crippen molar-refractivity contribution in [2.75, 3.05) is 10.6 Å². The summed E-state index contributed by atoms with van der Waals surface area (Å²) in [5, 5.41) is 8.77. The number of pyridine rings is 1. The van der Waals surface area contributed by atoms with Crippen molar-refractivity contribution in [3.05, 3.63) is 47.7 Å². The molecule has 1 aromatic carbocycles. The summed E-state index contributed by atoms with van der Waals surface area (Å²) < 4.78 is 0. The molecule has 22 heavy (non-hydrogen) atoms. The standard InChI is InChI=1S/C17H22N4O/c1-11(2)19-17(22)21-14-5-6-16(18-10-14)20-15-8-12(3)7-13(4)9-15/h5-11H,1-4H3,(H,18,20)(H2,19,21,22). The lowest BCUT2D eigenvalue weighted by molar-refractivity contribution is 0.250. The molecular weight excluding hydrogens is 276 g/mol. The van der Waals surface area contributed by atoms with Gasteiger partial charge in [-0.25, -0.2) is 9.78 Å². The largest absolute Gasteiger partial charge is 0.340 e. The Morgan fingerprint density at radius 3 is 2.27 bits per heavy atom. The van der Waals surface area contributed by atoms with Gasteiger partial charge in [0.05, 0.1) is 11.9 Å². The molecule has 0 aliphatic carbocycles. The molecule has 0 saturated heterocycles. The van der Waals surface area contributed by atoms with Gasteiger partial charge >= 0.3 is 6.03 Å². The van der Waals surface area contributed by atoms with Crippen LogP contribution in [0.25, 0.3) is 0 Å². The second-order valence-electron chi connectivity index (χ2n) is 5.69. The van der Waals surface area contributed by atoms with E-state index < -0.39 is 0 Å². The van der Waals surface area contributed by atoms with E-state index in [1.165, 1.54) is 11.1 Å². The quantitative estimate of drug-likeness (QED) is 0.800. The lowest BCUT2D eigenvalue weighted by atomic mass is 10.1. The highest BCUT2D eigenvalue weighted by atomic mass is 16.2. The molecule has 0 radical (unpaired) electrons. The van der Waals surface area contributed by atoms with E-state index in [9.17, 15) is 4.79 Å². The summed E-state index contributed by atoms with van der Waals surface area (Å²) in [7, 11) is 0. The number of nitrogens with zero attached hydrogens (tertiary/aromatic N) is 1. The minimum atomic E-state index is -0.230. The SMILES string of the molecule is Cc1cc(C)cc(Nc2ccc(NC(=O)NC(C)C)cn2)c1. The maximum absolute atomic E-state index is 11.6. The van der Waals surface area contributed by atoms with Crippen molar-refractivity contribution in [2.45, 2.75) is 33.7 Å². The third kappa shape index (κ3) is 4.77. The molecule has 0 aliphatic rings. The molecule has 0 fully saturated rings. The number of aryl methyl sites for hydroxylation is 2. The number of carbonyl (C=O) groups is 1. The van der Waals surface area contributed by atoms with Crippen LogP contribution in [-0.4, -0.2) is 17.1 Å². The molecule has 5 heteroatoms. The molecule has 0 atom stereocenters. The first kappa shape index (κ1) is 15.8. The minimum absolute atomic E-state index is 0.0958. The van der Waals surface area contributed by atoms with Crippen LogP contribution in [0.5, 0.6) is 0 Å². The van der Waals surface area contributed by atoms with Crippen molar-refractivity contribution in [2.24, 2.45) is 0 Å². The Morgan fingerprint density at radius 2 is 1.73 bits per heavy atom. The van der Waals surface area contributed by atoms with Crippen LogP contribution < -0.4 is 16.0 Å². The second-order valence-corrected chi connectivity index (χ2v) is 5.69. The van der Waals surface area contributed by atoms with Crippen LogP contribution in [0.15, 0.2) is 36.5 Å². The maximum atomic E-state index is 11.6. The fourth-order valence-electron chi connectivity index (χ4n) is 2.17. The van der Waals surface area contributed by atoms with Gasteiger partial charge in [-0.2, -0.15) is 0 Å². The summed E-state index contributed by atoms with van der Waals surface area (Å²) in [5.41, 5.74) is 4.06. The monoisotopic (exact) mass is 298 g/mol. The number of amides is 2. The van der Waals surface area contributed by atoms with Gasteiger partial charge in [0.15, 0.2) is 0 Å². The van der Waals surface area contributed by atoms with Crippen molar-refractivity contribution < 1.29 is 4.79 Å². The molecule has 2 amide bonds. The first-order valence-electron chi connectivity index (χ1n) is 7.31. The van der Waals surface area contributed by atoms with Crippen molar-refractivity contribution in [1.29, 1.82) is 0 Å². The number of carbonyl (C=O) groups excluding carboxylic acids is 1. The fourth-order valence-corrected chi connectivity index (χ4v) is 2.17. The van der Waals surface area contributed by atoms with Crippen LogP contribution in [0.1, 0.15) is 25.0 Å². The number of nitrogens with one attached hydrogen (secondary N) is 3. The molecule has 0 saturated carbocycles. The average molecular weight is 298 g/mol. The van der Waals surface area contributed by atoms with E-state index >= 15 is 0 Å². The molecular formula is C17H22N4O. The normalized spacial score (nSPS) is 10.4. The lowest BCUT2D eigenvalue weighted by Gasteiger charge is -2.11. The van der Waals surface area contributed by atoms with Gasteiger partial charge < -0.3 is 16.0 Å². The third-order valence-electron chi connectivity index (χ3n) is 2.94. The summed E-state index contributed by atoms with van der Waals surface area (Å²) in [6, 6.07) is 9.78. The number of rotatable bonds is 4. The number of benzene rings is 1. The summed E-state index contributed by atoms with van der Waals surface area (Å²) >= 11 is 0. The topological polar surface area (TPSA) is 66.0 Å². The third-order valence-corrected chi connectivity index (χ3v) is 2.94. The van der Waals surface area contributed by atoms with Crippen molar-refractivity contribution >= 4 is 23.2 Å². The Labute approximate surface area is 131 Å². The Balaban J connectivity index is 2.01. The van der Waals surface area contributed by atoms with E-state index in [4.69, 9.17) is 0 Å². The van der Waals surface area contributed by atoms with Crippen molar-refractivity contribution in [3.63, 3.8) is 0 Å². The Kier molecular flexibility index (Phi) is 4.99. The number of aromatic nitrogens is 1. The van der Waals surface area contributed by atoms with Gasteiger partial charge in [0, 0.05) is 11.7 Å². The van der Waals surface area contributed by atoms with Crippen LogP contribution >= 0.6 is 0 Å². The van der Waals surface area contributed by atoms with Crippen LogP contribution in [-0.2, 0) is 0 Å². The number of hydrogen-bond donors (Lipinski definition) is 3.